The van der Waals surface area contributed by atoms with Crippen LogP contribution in [0.15, 0.2) is 60.7 Å². The molecule has 236 valence electrons. The van der Waals surface area contributed by atoms with E-state index in [4.69, 9.17) is 14.9 Å². The highest BCUT2D eigenvalue weighted by Crippen LogP contribution is 2.40. The van der Waals surface area contributed by atoms with Gasteiger partial charge in [0.2, 0.25) is 0 Å². The SMILES string of the molecule is C=O.CCCCOc1ccc(N2CCN(C)CC2)cc1.CPC(=N)C1(CC=C=O)CCN(C)CC1.O=Cc1ccccc1. The molecule has 0 spiro atoms. The molecule has 1 unspecified atom stereocenters. The zero-order valence-corrected chi connectivity index (χ0v) is 27.5. The summed E-state index contributed by atoms with van der Waals surface area (Å²) in [6, 6.07) is 17.6. The van der Waals surface area contributed by atoms with Gasteiger partial charge in [-0.2, -0.15) is 0 Å². The van der Waals surface area contributed by atoms with Crippen molar-refractivity contribution in [3.63, 3.8) is 0 Å². The van der Waals surface area contributed by atoms with Crippen molar-refractivity contribution in [3.8, 4) is 5.75 Å². The van der Waals surface area contributed by atoms with Gasteiger partial charge in [0, 0.05) is 54.4 Å². The average molecular weight is 611 g/mol. The van der Waals surface area contributed by atoms with Gasteiger partial charge in [-0.25, -0.2) is 4.79 Å². The quantitative estimate of drug-likeness (QED) is 0.121. The van der Waals surface area contributed by atoms with E-state index >= 15 is 0 Å². The number of likely N-dealkylation sites (N-methyl/N-ethyl adjacent to an activating group) is 1. The zero-order valence-electron chi connectivity index (χ0n) is 26.5. The Kier molecular flexibility index (Phi) is 19.7. The number of hydrogen-bond acceptors (Lipinski definition) is 8. The molecule has 0 saturated carbocycles. The lowest BCUT2D eigenvalue weighted by Gasteiger charge is -2.40. The molecule has 2 aromatic rings. The van der Waals surface area contributed by atoms with Gasteiger partial charge in [-0.1, -0.05) is 52.3 Å². The van der Waals surface area contributed by atoms with E-state index in [1.807, 2.05) is 37.6 Å². The summed E-state index contributed by atoms with van der Waals surface area (Å²) in [5.41, 5.74) is 2.82. The topological polar surface area (TPSA) is 94.0 Å². The molecule has 2 saturated heterocycles. The summed E-state index contributed by atoms with van der Waals surface area (Å²) in [5, 5.41) is 8.07. The van der Waals surface area contributed by atoms with Crippen molar-refractivity contribution in [3.05, 3.63) is 66.2 Å². The van der Waals surface area contributed by atoms with Gasteiger partial charge in [0.25, 0.3) is 0 Å². The molecule has 2 aliphatic rings. The number of anilines is 1. The summed E-state index contributed by atoms with van der Waals surface area (Å²) < 4.78 is 5.68. The molecule has 1 atom stereocenters. The summed E-state index contributed by atoms with van der Waals surface area (Å²) in [6.07, 6.45) is 7.40. The lowest BCUT2D eigenvalue weighted by molar-refractivity contribution is -0.0980. The fourth-order valence-electron chi connectivity index (χ4n) is 4.79. The first-order chi connectivity index (χ1) is 20.9. The van der Waals surface area contributed by atoms with Gasteiger partial charge in [-0.05, 0) is 83.8 Å². The number of aldehydes is 1. The summed E-state index contributed by atoms with van der Waals surface area (Å²) in [6.45, 7) is 13.6. The van der Waals surface area contributed by atoms with Crippen LogP contribution < -0.4 is 9.64 Å². The molecule has 2 aliphatic heterocycles. The van der Waals surface area contributed by atoms with Crippen molar-refractivity contribution < 1.29 is 19.1 Å². The third-order valence-electron chi connectivity index (χ3n) is 7.71. The largest absolute Gasteiger partial charge is 0.494 e. The highest BCUT2D eigenvalue weighted by atomic mass is 31.1. The van der Waals surface area contributed by atoms with E-state index < -0.39 is 0 Å². The molecule has 43 heavy (non-hydrogen) atoms. The minimum atomic E-state index is -0.0445. The Morgan fingerprint density at radius 1 is 0.977 bits per heavy atom. The number of carbonyl (C=O) groups is 2. The molecule has 9 heteroatoms. The lowest BCUT2D eigenvalue weighted by Crippen LogP contribution is -2.44. The summed E-state index contributed by atoms with van der Waals surface area (Å²) >= 11 is 0. The number of unbranched alkanes of at least 4 members (excludes halogenated alkanes) is 1. The second kappa shape index (κ2) is 22.4. The van der Waals surface area contributed by atoms with Gasteiger partial charge in [0.05, 0.1) is 6.61 Å². The number of rotatable bonds is 10. The summed E-state index contributed by atoms with van der Waals surface area (Å²) in [4.78, 5) is 35.4. The molecule has 2 heterocycles. The predicted octanol–water partition coefficient (Wildman–Crippen LogP) is 5.69. The number of piperidine rings is 1. The minimum absolute atomic E-state index is 0.0445. The van der Waals surface area contributed by atoms with Crippen molar-refractivity contribution in [1.29, 1.82) is 5.41 Å². The van der Waals surface area contributed by atoms with Crippen LogP contribution in [-0.2, 0) is 9.59 Å². The molecule has 0 radical (unpaired) electrons. The molecule has 0 bridgehead atoms. The second-order valence-electron chi connectivity index (χ2n) is 10.7. The number of nitrogens with one attached hydrogen (secondary N) is 1. The molecule has 2 fully saturated rings. The van der Waals surface area contributed by atoms with Crippen LogP contribution in [0.2, 0.25) is 0 Å². The number of allylic oxidation sites excluding steroid dienone is 1. The molecule has 4 rings (SSSR count). The molecule has 0 amide bonds. The Morgan fingerprint density at radius 2 is 1.56 bits per heavy atom. The van der Waals surface area contributed by atoms with Crippen LogP contribution in [0.5, 0.6) is 5.75 Å². The second-order valence-corrected chi connectivity index (χ2v) is 11.7. The number of hydrogen-bond donors (Lipinski definition) is 1. The van der Waals surface area contributed by atoms with Crippen molar-refractivity contribution >= 4 is 38.7 Å². The van der Waals surface area contributed by atoms with Gasteiger partial charge >= 0.3 is 0 Å². The van der Waals surface area contributed by atoms with Crippen molar-refractivity contribution in [2.45, 2.75) is 39.0 Å². The Hall–Kier alpha value is -3.15. The van der Waals surface area contributed by atoms with Crippen LogP contribution in [0.25, 0.3) is 0 Å². The maximum absolute atomic E-state index is 10.3. The number of carbonyl (C=O) groups excluding carboxylic acids is 3. The first-order valence-electron chi connectivity index (χ1n) is 15.0. The molecule has 0 aliphatic carbocycles. The van der Waals surface area contributed by atoms with Crippen molar-refractivity contribution in [2.24, 2.45) is 5.41 Å². The van der Waals surface area contributed by atoms with Crippen LogP contribution in [0, 0.1) is 10.8 Å². The van der Waals surface area contributed by atoms with Crippen LogP contribution in [0.1, 0.15) is 49.4 Å². The number of benzene rings is 2. The van der Waals surface area contributed by atoms with E-state index in [2.05, 4.69) is 60.0 Å². The maximum Gasteiger partial charge on any atom is 0.150 e. The number of nitrogens with zero attached hydrogens (tertiary/aromatic N) is 3. The molecular weight excluding hydrogens is 559 g/mol. The van der Waals surface area contributed by atoms with Crippen LogP contribution in [-0.4, -0.2) is 101 Å². The molecule has 8 nitrogen and oxygen atoms in total. The fourth-order valence-corrected chi connectivity index (χ4v) is 5.67. The van der Waals surface area contributed by atoms with E-state index in [9.17, 15) is 9.59 Å². The normalized spacial score (nSPS) is 16.2. The number of piperazine rings is 1. The summed E-state index contributed by atoms with van der Waals surface area (Å²) in [7, 11) is 4.84. The Morgan fingerprint density at radius 3 is 2.05 bits per heavy atom. The zero-order chi connectivity index (χ0) is 31.9. The monoisotopic (exact) mass is 610 g/mol. The van der Waals surface area contributed by atoms with E-state index in [-0.39, 0.29) is 5.41 Å². The van der Waals surface area contributed by atoms with Gasteiger partial charge < -0.3 is 29.6 Å². The van der Waals surface area contributed by atoms with E-state index in [1.54, 1.807) is 18.2 Å². The molecule has 0 aromatic heterocycles. The van der Waals surface area contributed by atoms with Crippen LogP contribution >= 0.6 is 8.58 Å². The van der Waals surface area contributed by atoms with Gasteiger partial charge in [-0.15, -0.1) is 0 Å². The third kappa shape index (κ3) is 14.2. The maximum atomic E-state index is 10.3. The highest BCUT2D eigenvalue weighted by molar-refractivity contribution is 7.57. The minimum Gasteiger partial charge on any atom is -0.494 e. The first-order valence-corrected chi connectivity index (χ1v) is 16.5. The van der Waals surface area contributed by atoms with Gasteiger partial charge in [0.15, 0.2) is 0 Å². The van der Waals surface area contributed by atoms with E-state index in [0.717, 1.165) is 88.2 Å². The molecule has 2 aromatic carbocycles. The van der Waals surface area contributed by atoms with Crippen molar-refractivity contribution in [2.75, 3.05) is 71.5 Å². The predicted molar refractivity (Wildman–Crippen MR) is 182 cm³/mol. The summed E-state index contributed by atoms with van der Waals surface area (Å²) in [5.74, 6) is 2.84. The van der Waals surface area contributed by atoms with E-state index in [1.165, 1.54) is 12.1 Å². The van der Waals surface area contributed by atoms with Crippen LogP contribution in [0.3, 0.4) is 0 Å². The average Bonchev–Trinajstić information content (AvgIpc) is 3.07. The molecule has 1 N–H and O–H groups in total. The first kappa shape index (κ1) is 37.9. The number of ether oxygens (including phenoxy) is 1. The van der Waals surface area contributed by atoms with Crippen molar-refractivity contribution in [1.82, 2.24) is 9.80 Å². The smallest absolute Gasteiger partial charge is 0.150 e. The molecular formula is C34H51N4O4P. The van der Waals surface area contributed by atoms with Crippen LogP contribution in [0.4, 0.5) is 5.69 Å². The van der Waals surface area contributed by atoms with Gasteiger partial charge in [-0.3, -0.25) is 4.79 Å². The Bertz CT molecular complexity index is 1080. The third-order valence-corrected chi connectivity index (χ3v) is 8.74. The lowest BCUT2D eigenvalue weighted by atomic mass is 9.76. The standard InChI is InChI=1S/C15H24N2O.C11H19N2OP.C7H6O.CH2O/c1-3-4-13-18-15-7-5-14(6-8-15)17-11-9-16(2)10-12-17;1-13-7-5-11(6-8-13,4-3-9-14)10(12)15-2;8-6-7-4-2-1-3-5-7;1-2/h5-8H,3-4,9-13H2,1-2H3;3,12,15H,4-8H2,1-2H3;1-6H;1H2. The Balaban J connectivity index is 0.000000333. The van der Waals surface area contributed by atoms with Gasteiger partial charge in [0.1, 0.15) is 24.8 Å². The fraction of sp³-hybridized carbons (Fsp3) is 0.500. The van der Waals surface area contributed by atoms with E-state index in [0.29, 0.717) is 15.0 Å². The highest BCUT2D eigenvalue weighted by Gasteiger charge is 2.36. The Labute approximate surface area is 260 Å². The number of likely N-dealkylation sites (tertiary alicyclic amines) is 1.